The molecular weight excluding hydrogens is 274 g/mol. The summed E-state index contributed by atoms with van der Waals surface area (Å²) in [5, 5.41) is 0. The molecule has 0 amide bonds. The molecule has 0 unspecified atom stereocenters. The monoisotopic (exact) mass is 289 g/mol. The second kappa shape index (κ2) is 4.91. The van der Waals surface area contributed by atoms with Crippen LogP contribution in [0.4, 0.5) is 0 Å². The van der Waals surface area contributed by atoms with Gasteiger partial charge < -0.3 is 9.72 Å². The van der Waals surface area contributed by atoms with Gasteiger partial charge in [-0.2, -0.15) is 4.31 Å². The van der Waals surface area contributed by atoms with Crippen LogP contribution >= 0.6 is 0 Å². The molecule has 0 bridgehead atoms. The number of aromatic amines is 2. The molecule has 1 fully saturated rings. The summed E-state index contributed by atoms with van der Waals surface area (Å²) in [6, 6.07) is 0. The van der Waals surface area contributed by atoms with Crippen LogP contribution in [0.5, 0.6) is 0 Å². The summed E-state index contributed by atoms with van der Waals surface area (Å²) in [5.74, 6) is 0. The number of ether oxygens (including phenoxy) is 1. The minimum Gasteiger partial charge on any atom is -0.373 e. The predicted octanol–water partition coefficient (Wildman–Crippen LogP) is -1.14. The Morgan fingerprint density at radius 2 is 1.84 bits per heavy atom. The molecule has 0 spiro atoms. The maximum Gasteiger partial charge on any atom is 0.325 e. The first kappa shape index (κ1) is 14.0. The van der Waals surface area contributed by atoms with E-state index in [9.17, 15) is 18.0 Å². The van der Waals surface area contributed by atoms with Crippen LogP contribution in [0.25, 0.3) is 0 Å². The van der Waals surface area contributed by atoms with Crippen LogP contribution in [-0.4, -0.2) is 48.0 Å². The van der Waals surface area contributed by atoms with Crippen LogP contribution in [0.15, 0.2) is 20.7 Å². The van der Waals surface area contributed by atoms with Crippen molar-refractivity contribution >= 4 is 10.0 Å². The van der Waals surface area contributed by atoms with E-state index in [2.05, 4.69) is 4.98 Å². The second-order valence-corrected chi connectivity index (χ2v) is 6.42. The fraction of sp³-hybridized carbons (Fsp3) is 0.600. The number of aromatic nitrogens is 2. The van der Waals surface area contributed by atoms with E-state index < -0.39 is 26.2 Å². The Labute approximate surface area is 109 Å². The number of nitrogens with zero attached hydrogens (tertiary/aromatic N) is 1. The topological polar surface area (TPSA) is 112 Å². The van der Waals surface area contributed by atoms with Gasteiger partial charge in [-0.05, 0) is 13.8 Å². The summed E-state index contributed by atoms with van der Waals surface area (Å²) >= 11 is 0. The molecule has 2 rings (SSSR count). The fourth-order valence-electron chi connectivity index (χ4n) is 2.06. The lowest BCUT2D eigenvalue weighted by atomic mass is 10.3. The number of H-pyrrole nitrogens is 2. The molecule has 1 aromatic rings. The first-order chi connectivity index (χ1) is 8.80. The number of hydrogen-bond acceptors (Lipinski definition) is 5. The first-order valence-corrected chi connectivity index (χ1v) is 7.22. The Bertz CT molecular complexity index is 667. The van der Waals surface area contributed by atoms with Gasteiger partial charge in [-0.25, -0.2) is 13.2 Å². The van der Waals surface area contributed by atoms with Crippen molar-refractivity contribution in [3.63, 3.8) is 0 Å². The minimum atomic E-state index is -3.94. The van der Waals surface area contributed by atoms with Gasteiger partial charge in [0.1, 0.15) is 0 Å². The molecule has 8 nitrogen and oxygen atoms in total. The van der Waals surface area contributed by atoms with E-state index >= 15 is 0 Å². The zero-order valence-electron chi connectivity index (χ0n) is 10.5. The smallest absolute Gasteiger partial charge is 0.325 e. The molecule has 1 aromatic heterocycles. The lowest BCUT2D eigenvalue weighted by Crippen LogP contribution is -2.49. The standard InChI is InChI=1S/C10H15N3O5S/c1-6-4-13(5-7(2)18-6)19(16,17)8-3-11-10(15)12-9(8)14/h3,6-7H,4-5H2,1-2H3,(H2,11,12,14,15)/t6-,7+. The third-order valence-electron chi connectivity index (χ3n) is 2.79. The molecule has 2 atom stereocenters. The lowest BCUT2D eigenvalue weighted by Gasteiger charge is -2.34. The predicted molar refractivity (Wildman–Crippen MR) is 66.5 cm³/mol. The van der Waals surface area contributed by atoms with Crippen molar-refractivity contribution in [2.24, 2.45) is 0 Å². The van der Waals surface area contributed by atoms with Crippen LogP contribution in [0.2, 0.25) is 0 Å². The summed E-state index contributed by atoms with van der Waals surface area (Å²) in [6.07, 6.45) is 0.419. The van der Waals surface area contributed by atoms with Crippen LogP contribution in [0.1, 0.15) is 13.8 Å². The molecule has 0 aliphatic carbocycles. The zero-order chi connectivity index (χ0) is 14.2. The van der Waals surface area contributed by atoms with Gasteiger partial charge in [0, 0.05) is 19.3 Å². The first-order valence-electron chi connectivity index (χ1n) is 5.78. The van der Waals surface area contributed by atoms with E-state index in [0.717, 1.165) is 6.20 Å². The summed E-state index contributed by atoms with van der Waals surface area (Å²) in [7, 11) is -3.94. The van der Waals surface area contributed by atoms with Gasteiger partial charge in [-0.15, -0.1) is 0 Å². The van der Waals surface area contributed by atoms with Crippen molar-refractivity contribution in [3.05, 3.63) is 27.0 Å². The van der Waals surface area contributed by atoms with E-state index in [4.69, 9.17) is 4.74 Å². The van der Waals surface area contributed by atoms with Gasteiger partial charge in [0.25, 0.3) is 5.56 Å². The number of morpholine rings is 1. The number of rotatable bonds is 2. The Kier molecular flexibility index (Phi) is 3.61. The highest BCUT2D eigenvalue weighted by molar-refractivity contribution is 7.89. The fourth-order valence-corrected chi connectivity index (χ4v) is 3.64. The summed E-state index contributed by atoms with van der Waals surface area (Å²) in [5.41, 5.74) is -1.66. The maximum absolute atomic E-state index is 12.3. The van der Waals surface area contributed by atoms with Crippen LogP contribution < -0.4 is 11.2 Å². The van der Waals surface area contributed by atoms with Gasteiger partial charge in [-0.3, -0.25) is 9.78 Å². The molecule has 19 heavy (non-hydrogen) atoms. The minimum absolute atomic E-state index is 0.172. The van der Waals surface area contributed by atoms with E-state index in [0.29, 0.717) is 0 Å². The molecule has 2 N–H and O–H groups in total. The molecule has 9 heteroatoms. The van der Waals surface area contributed by atoms with Gasteiger partial charge in [0.2, 0.25) is 10.0 Å². The molecule has 0 saturated carbocycles. The number of nitrogens with one attached hydrogen (secondary N) is 2. The summed E-state index contributed by atoms with van der Waals surface area (Å²) < 4.78 is 31.3. The quantitative estimate of drug-likeness (QED) is 0.714. The average Bonchev–Trinajstić information content (AvgIpc) is 2.26. The summed E-state index contributed by atoms with van der Waals surface area (Å²) in [4.78, 5) is 26.1. The molecule has 0 aromatic carbocycles. The van der Waals surface area contributed by atoms with Gasteiger partial charge in [0.05, 0.1) is 12.2 Å². The van der Waals surface area contributed by atoms with Gasteiger partial charge >= 0.3 is 5.69 Å². The van der Waals surface area contributed by atoms with Crippen molar-refractivity contribution in [2.75, 3.05) is 13.1 Å². The van der Waals surface area contributed by atoms with Crippen molar-refractivity contribution in [3.8, 4) is 0 Å². The second-order valence-electron chi connectivity index (χ2n) is 4.52. The third kappa shape index (κ3) is 2.77. The van der Waals surface area contributed by atoms with Gasteiger partial charge in [0.15, 0.2) is 4.90 Å². The molecule has 1 aliphatic heterocycles. The number of hydrogen-bond donors (Lipinski definition) is 2. The SMILES string of the molecule is C[C@@H]1CN(S(=O)(=O)c2c[nH]c(=O)[nH]c2=O)C[C@H](C)O1. The largest absolute Gasteiger partial charge is 0.373 e. The Morgan fingerprint density at radius 3 is 2.37 bits per heavy atom. The van der Waals surface area contributed by atoms with Crippen molar-refractivity contribution < 1.29 is 13.2 Å². The molecular formula is C10H15N3O5S. The Hall–Kier alpha value is -1.45. The Morgan fingerprint density at radius 1 is 1.26 bits per heavy atom. The highest BCUT2D eigenvalue weighted by Gasteiger charge is 2.33. The molecule has 1 saturated heterocycles. The highest BCUT2D eigenvalue weighted by atomic mass is 32.2. The molecule has 1 aliphatic rings. The lowest BCUT2D eigenvalue weighted by molar-refractivity contribution is -0.0441. The molecule has 0 radical (unpaired) electrons. The highest BCUT2D eigenvalue weighted by Crippen LogP contribution is 2.18. The van der Waals surface area contributed by atoms with Gasteiger partial charge in [-0.1, -0.05) is 0 Å². The van der Waals surface area contributed by atoms with E-state index in [1.54, 1.807) is 13.8 Å². The summed E-state index contributed by atoms with van der Waals surface area (Å²) in [6.45, 7) is 3.86. The molecule has 106 valence electrons. The van der Waals surface area contributed by atoms with Crippen LogP contribution in [-0.2, 0) is 14.8 Å². The van der Waals surface area contributed by atoms with Crippen molar-refractivity contribution in [1.29, 1.82) is 0 Å². The average molecular weight is 289 g/mol. The maximum atomic E-state index is 12.3. The van der Waals surface area contributed by atoms with E-state index in [-0.39, 0.29) is 25.3 Å². The normalized spacial score (nSPS) is 25.4. The Balaban J connectivity index is 2.42. The zero-order valence-corrected chi connectivity index (χ0v) is 11.4. The van der Waals surface area contributed by atoms with Crippen LogP contribution in [0.3, 0.4) is 0 Å². The van der Waals surface area contributed by atoms with Crippen molar-refractivity contribution in [2.45, 2.75) is 31.0 Å². The molecule has 2 heterocycles. The van der Waals surface area contributed by atoms with E-state index in [1.165, 1.54) is 4.31 Å². The van der Waals surface area contributed by atoms with E-state index in [1.807, 2.05) is 4.98 Å². The van der Waals surface area contributed by atoms with Crippen molar-refractivity contribution in [1.82, 2.24) is 14.3 Å². The third-order valence-corrected chi connectivity index (χ3v) is 4.63. The number of sulfonamides is 1. The van der Waals surface area contributed by atoms with Crippen LogP contribution in [0, 0.1) is 0 Å².